The minimum absolute atomic E-state index is 0.341. The standard InChI is InChI=1S/C13H18FNO/c14-13(11-16)6-8-15(9-7-13)10-12-4-2-1-3-5-12/h1-5,16H,6-11H2. The van der Waals surface area contributed by atoms with Crippen LogP contribution in [0.2, 0.25) is 0 Å². The molecule has 88 valence electrons. The predicted molar refractivity (Wildman–Crippen MR) is 61.9 cm³/mol. The minimum Gasteiger partial charge on any atom is -0.393 e. The average molecular weight is 223 g/mol. The van der Waals surface area contributed by atoms with Gasteiger partial charge in [0.15, 0.2) is 0 Å². The Morgan fingerprint density at radius 2 is 1.81 bits per heavy atom. The molecule has 0 aliphatic carbocycles. The Morgan fingerprint density at radius 1 is 1.19 bits per heavy atom. The quantitative estimate of drug-likeness (QED) is 0.847. The second-order valence-electron chi connectivity index (χ2n) is 4.57. The molecule has 1 aliphatic rings. The molecule has 0 saturated carbocycles. The van der Waals surface area contributed by atoms with E-state index in [1.807, 2.05) is 18.2 Å². The molecule has 1 aromatic rings. The highest BCUT2D eigenvalue weighted by Gasteiger charge is 2.33. The van der Waals surface area contributed by atoms with Gasteiger partial charge in [0.05, 0.1) is 6.61 Å². The van der Waals surface area contributed by atoms with Gasteiger partial charge in [0, 0.05) is 19.6 Å². The summed E-state index contributed by atoms with van der Waals surface area (Å²) in [6, 6.07) is 10.2. The zero-order chi connectivity index (χ0) is 11.4. The van der Waals surface area contributed by atoms with E-state index < -0.39 is 5.67 Å². The fraction of sp³-hybridized carbons (Fsp3) is 0.538. The maximum Gasteiger partial charge on any atom is 0.136 e. The maximum absolute atomic E-state index is 13.7. The lowest BCUT2D eigenvalue weighted by Gasteiger charge is -2.35. The van der Waals surface area contributed by atoms with Crippen molar-refractivity contribution in [2.24, 2.45) is 0 Å². The van der Waals surface area contributed by atoms with E-state index in [0.29, 0.717) is 12.8 Å². The first-order valence-electron chi connectivity index (χ1n) is 5.78. The molecule has 2 nitrogen and oxygen atoms in total. The summed E-state index contributed by atoms with van der Waals surface area (Å²) in [7, 11) is 0. The van der Waals surface area contributed by atoms with Crippen LogP contribution in [-0.4, -0.2) is 35.4 Å². The van der Waals surface area contributed by atoms with Crippen LogP contribution in [0.1, 0.15) is 18.4 Å². The van der Waals surface area contributed by atoms with Crippen molar-refractivity contribution in [3.8, 4) is 0 Å². The molecule has 1 saturated heterocycles. The van der Waals surface area contributed by atoms with Crippen LogP contribution in [-0.2, 0) is 6.54 Å². The molecule has 0 unspecified atom stereocenters. The molecule has 1 heterocycles. The van der Waals surface area contributed by atoms with Crippen molar-refractivity contribution in [3.05, 3.63) is 35.9 Å². The summed E-state index contributed by atoms with van der Waals surface area (Å²) >= 11 is 0. The molecule has 0 bridgehead atoms. The second kappa shape index (κ2) is 4.93. The van der Waals surface area contributed by atoms with Gasteiger partial charge < -0.3 is 5.11 Å². The van der Waals surface area contributed by atoms with E-state index in [2.05, 4.69) is 17.0 Å². The third-order valence-corrected chi connectivity index (χ3v) is 3.28. The number of piperidine rings is 1. The van der Waals surface area contributed by atoms with Crippen LogP contribution < -0.4 is 0 Å². The molecule has 16 heavy (non-hydrogen) atoms. The van der Waals surface area contributed by atoms with Crippen LogP contribution in [0.3, 0.4) is 0 Å². The van der Waals surface area contributed by atoms with Gasteiger partial charge in [0.25, 0.3) is 0 Å². The molecular weight excluding hydrogens is 205 g/mol. The number of hydrogen-bond acceptors (Lipinski definition) is 2. The fourth-order valence-corrected chi connectivity index (χ4v) is 2.11. The predicted octanol–water partition coefficient (Wildman–Crippen LogP) is 1.98. The topological polar surface area (TPSA) is 23.5 Å². The van der Waals surface area contributed by atoms with Gasteiger partial charge in [0.1, 0.15) is 5.67 Å². The maximum atomic E-state index is 13.7. The molecule has 1 fully saturated rings. The monoisotopic (exact) mass is 223 g/mol. The van der Waals surface area contributed by atoms with Crippen molar-refractivity contribution in [2.75, 3.05) is 19.7 Å². The normalized spacial score (nSPS) is 20.9. The van der Waals surface area contributed by atoms with Crippen LogP contribution >= 0.6 is 0 Å². The third kappa shape index (κ3) is 2.80. The lowest BCUT2D eigenvalue weighted by Crippen LogP contribution is -2.43. The smallest absolute Gasteiger partial charge is 0.136 e. The Balaban J connectivity index is 1.86. The van der Waals surface area contributed by atoms with Gasteiger partial charge in [-0.1, -0.05) is 30.3 Å². The van der Waals surface area contributed by atoms with E-state index in [9.17, 15) is 4.39 Å². The van der Waals surface area contributed by atoms with Crippen molar-refractivity contribution < 1.29 is 9.50 Å². The summed E-state index contributed by atoms with van der Waals surface area (Å²) in [5, 5.41) is 8.93. The Kier molecular flexibility index (Phi) is 3.56. The number of nitrogens with zero attached hydrogens (tertiary/aromatic N) is 1. The molecule has 1 aliphatic heterocycles. The lowest BCUT2D eigenvalue weighted by molar-refractivity contribution is 0.00674. The fourth-order valence-electron chi connectivity index (χ4n) is 2.11. The van der Waals surface area contributed by atoms with Gasteiger partial charge in [0.2, 0.25) is 0 Å². The van der Waals surface area contributed by atoms with Gasteiger partial charge in [-0.2, -0.15) is 0 Å². The molecule has 0 amide bonds. The first-order chi connectivity index (χ1) is 7.72. The molecular formula is C13H18FNO. The van der Waals surface area contributed by atoms with Crippen molar-refractivity contribution >= 4 is 0 Å². The summed E-state index contributed by atoms with van der Waals surface area (Å²) < 4.78 is 13.7. The van der Waals surface area contributed by atoms with Gasteiger partial charge >= 0.3 is 0 Å². The molecule has 0 aromatic heterocycles. The zero-order valence-corrected chi connectivity index (χ0v) is 9.40. The van der Waals surface area contributed by atoms with Gasteiger partial charge in [-0.05, 0) is 18.4 Å². The third-order valence-electron chi connectivity index (χ3n) is 3.28. The molecule has 0 atom stereocenters. The molecule has 3 heteroatoms. The van der Waals surface area contributed by atoms with E-state index >= 15 is 0 Å². The number of rotatable bonds is 3. The van der Waals surface area contributed by atoms with Crippen molar-refractivity contribution in [1.29, 1.82) is 0 Å². The van der Waals surface area contributed by atoms with E-state index in [0.717, 1.165) is 19.6 Å². The molecule has 0 spiro atoms. The van der Waals surface area contributed by atoms with Crippen LogP contribution in [0.4, 0.5) is 4.39 Å². The van der Waals surface area contributed by atoms with Crippen molar-refractivity contribution in [3.63, 3.8) is 0 Å². The Hall–Kier alpha value is -0.930. The molecule has 2 rings (SSSR count). The van der Waals surface area contributed by atoms with Gasteiger partial charge in [-0.15, -0.1) is 0 Å². The Morgan fingerprint density at radius 3 is 2.38 bits per heavy atom. The van der Waals surface area contributed by atoms with Crippen LogP contribution in [0.15, 0.2) is 30.3 Å². The summed E-state index contributed by atoms with van der Waals surface area (Å²) in [5.74, 6) is 0. The summed E-state index contributed by atoms with van der Waals surface area (Å²) in [6.45, 7) is 1.99. The molecule has 1 N–H and O–H groups in total. The van der Waals surface area contributed by atoms with E-state index in [1.165, 1.54) is 5.56 Å². The highest BCUT2D eigenvalue weighted by atomic mass is 19.1. The van der Waals surface area contributed by atoms with E-state index in [1.54, 1.807) is 0 Å². The number of benzene rings is 1. The number of alkyl halides is 1. The first kappa shape index (κ1) is 11.6. The summed E-state index contributed by atoms with van der Waals surface area (Å²) in [4.78, 5) is 2.24. The van der Waals surface area contributed by atoms with E-state index in [-0.39, 0.29) is 6.61 Å². The Bertz CT molecular complexity index is 320. The molecule has 0 radical (unpaired) electrons. The number of hydrogen-bond donors (Lipinski definition) is 1. The second-order valence-corrected chi connectivity index (χ2v) is 4.57. The first-order valence-corrected chi connectivity index (χ1v) is 5.78. The molecule has 1 aromatic carbocycles. The summed E-state index contributed by atoms with van der Waals surface area (Å²) in [6.07, 6.45) is 0.882. The largest absolute Gasteiger partial charge is 0.393 e. The van der Waals surface area contributed by atoms with E-state index in [4.69, 9.17) is 5.11 Å². The van der Waals surface area contributed by atoms with Gasteiger partial charge in [-0.3, -0.25) is 4.90 Å². The van der Waals surface area contributed by atoms with Crippen molar-refractivity contribution in [2.45, 2.75) is 25.1 Å². The lowest BCUT2D eigenvalue weighted by atomic mass is 9.94. The Labute approximate surface area is 95.7 Å². The highest BCUT2D eigenvalue weighted by Crippen LogP contribution is 2.26. The SMILES string of the molecule is OCC1(F)CCN(Cc2ccccc2)CC1. The number of halogens is 1. The zero-order valence-electron chi connectivity index (χ0n) is 9.40. The minimum atomic E-state index is -1.34. The highest BCUT2D eigenvalue weighted by molar-refractivity contribution is 5.14. The van der Waals surface area contributed by atoms with Crippen LogP contribution in [0.25, 0.3) is 0 Å². The average Bonchev–Trinajstić information content (AvgIpc) is 2.34. The number of aliphatic hydroxyl groups excluding tert-OH is 1. The number of aliphatic hydroxyl groups is 1. The summed E-state index contributed by atoms with van der Waals surface area (Å²) in [5.41, 5.74) is -0.0782. The van der Waals surface area contributed by atoms with Crippen LogP contribution in [0.5, 0.6) is 0 Å². The van der Waals surface area contributed by atoms with Crippen LogP contribution in [0, 0.1) is 0 Å². The van der Waals surface area contributed by atoms with Gasteiger partial charge in [-0.25, -0.2) is 4.39 Å². The number of likely N-dealkylation sites (tertiary alicyclic amines) is 1. The van der Waals surface area contributed by atoms with Crippen molar-refractivity contribution in [1.82, 2.24) is 4.90 Å².